The molecule has 0 saturated carbocycles. The van der Waals surface area contributed by atoms with E-state index in [2.05, 4.69) is 58.2 Å². The summed E-state index contributed by atoms with van der Waals surface area (Å²) in [6, 6.07) is 35.6. The number of aryl methyl sites for hydroxylation is 1. The number of hydrogen-bond donors (Lipinski definition) is 0. The van der Waals surface area contributed by atoms with Gasteiger partial charge in [-0.05, 0) is 42.2 Å². The van der Waals surface area contributed by atoms with E-state index in [-0.39, 0.29) is 21.1 Å². The zero-order valence-electron chi connectivity index (χ0n) is 19.0. The third-order valence-corrected chi connectivity index (χ3v) is 5.88. The first kappa shape index (κ1) is 23.0. The van der Waals surface area contributed by atoms with Crippen LogP contribution < -0.4 is 9.64 Å². The Hall–Kier alpha value is -3.75. The molecule has 0 unspecified atom stereocenters. The number of ether oxygens (including phenoxy) is 1. The summed E-state index contributed by atoms with van der Waals surface area (Å²) in [5.41, 5.74) is 8.64. The number of benzene rings is 3. The molecule has 2 aromatic heterocycles. The van der Waals surface area contributed by atoms with Gasteiger partial charge in [-0.2, -0.15) is 0 Å². The molecule has 1 aliphatic rings. The van der Waals surface area contributed by atoms with E-state index >= 15 is 0 Å². The molecule has 0 aliphatic carbocycles. The minimum atomic E-state index is 0. The Balaban J connectivity index is 0.00000253. The van der Waals surface area contributed by atoms with Crippen molar-refractivity contribution in [3.8, 4) is 28.3 Å². The number of para-hydroxylation sites is 1. The van der Waals surface area contributed by atoms with E-state index in [9.17, 15) is 0 Å². The van der Waals surface area contributed by atoms with E-state index in [1.54, 1.807) is 6.20 Å². The monoisotopic (exact) mass is 634 g/mol. The third kappa shape index (κ3) is 4.50. The van der Waals surface area contributed by atoms with Gasteiger partial charge in [0.25, 0.3) is 0 Å². The first-order valence-corrected chi connectivity index (χ1v) is 11.2. The molecule has 0 radical (unpaired) electrons. The molecular formula is C30H21N3OPt. The van der Waals surface area contributed by atoms with Crippen LogP contribution in [0.4, 0.5) is 17.1 Å². The van der Waals surface area contributed by atoms with Crippen LogP contribution in [0.1, 0.15) is 11.1 Å². The van der Waals surface area contributed by atoms with Crippen LogP contribution >= 0.6 is 0 Å². The normalized spacial score (nSPS) is 12.0. The van der Waals surface area contributed by atoms with Crippen molar-refractivity contribution in [1.29, 1.82) is 0 Å². The van der Waals surface area contributed by atoms with Gasteiger partial charge in [0.2, 0.25) is 0 Å². The molecule has 0 bridgehead atoms. The Morgan fingerprint density at radius 1 is 0.771 bits per heavy atom. The summed E-state index contributed by atoms with van der Waals surface area (Å²) in [6.45, 7) is 2.55. The van der Waals surface area contributed by atoms with Gasteiger partial charge in [-0.1, -0.05) is 42.0 Å². The van der Waals surface area contributed by atoms with Crippen molar-refractivity contribution in [2.24, 2.45) is 0 Å². The topological polar surface area (TPSA) is 38.2 Å². The smallest absolute Gasteiger partial charge is 0.530 e. The van der Waals surface area contributed by atoms with E-state index < -0.39 is 0 Å². The van der Waals surface area contributed by atoms with Crippen LogP contribution in [0.5, 0.6) is 5.75 Å². The van der Waals surface area contributed by atoms with Crippen LogP contribution in [-0.4, -0.2) is 9.97 Å². The molecule has 0 saturated heterocycles. The SMILES string of the molecule is Cc1ccnc(-c2[c-]c(N3c4[c-]c(-c5ccccn5)ccc4OCc4ccccc43)ccc2)c1.[Pt+2]. The zero-order chi connectivity index (χ0) is 22.9. The Morgan fingerprint density at radius 3 is 2.46 bits per heavy atom. The van der Waals surface area contributed by atoms with Crippen molar-refractivity contribution >= 4 is 17.1 Å². The van der Waals surface area contributed by atoms with Gasteiger partial charge in [0, 0.05) is 29.3 Å². The van der Waals surface area contributed by atoms with Crippen LogP contribution in [0.2, 0.25) is 0 Å². The maximum Gasteiger partial charge on any atom is 2.00 e. The second-order valence-corrected chi connectivity index (χ2v) is 8.22. The quantitative estimate of drug-likeness (QED) is 0.199. The van der Waals surface area contributed by atoms with Crippen molar-refractivity contribution in [3.05, 3.63) is 121 Å². The predicted molar refractivity (Wildman–Crippen MR) is 134 cm³/mol. The number of anilines is 3. The van der Waals surface area contributed by atoms with Gasteiger partial charge in [-0.15, -0.1) is 53.6 Å². The molecule has 0 fully saturated rings. The molecule has 1 aliphatic heterocycles. The van der Waals surface area contributed by atoms with E-state index in [0.717, 1.165) is 56.5 Å². The van der Waals surface area contributed by atoms with Crippen molar-refractivity contribution in [2.45, 2.75) is 13.5 Å². The fourth-order valence-electron chi connectivity index (χ4n) is 4.22. The number of pyridine rings is 2. The summed E-state index contributed by atoms with van der Waals surface area (Å²) in [7, 11) is 0. The van der Waals surface area contributed by atoms with Gasteiger partial charge >= 0.3 is 21.1 Å². The number of nitrogens with zero attached hydrogens (tertiary/aromatic N) is 3. The average molecular weight is 635 g/mol. The molecule has 172 valence electrons. The largest absolute Gasteiger partial charge is 2.00 e. The minimum Gasteiger partial charge on any atom is -0.530 e. The Bertz CT molecular complexity index is 1490. The number of aromatic nitrogens is 2. The van der Waals surface area contributed by atoms with E-state index in [0.29, 0.717) is 6.61 Å². The molecule has 0 N–H and O–H groups in total. The molecule has 4 nitrogen and oxygen atoms in total. The van der Waals surface area contributed by atoms with Crippen LogP contribution in [0, 0.1) is 19.1 Å². The van der Waals surface area contributed by atoms with E-state index in [1.165, 1.54) is 0 Å². The van der Waals surface area contributed by atoms with Crippen molar-refractivity contribution in [1.82, 2.24) is 9.97 Å². The maximum atomic E-state index is 6.23. The first-order valence-electron chi connectivity index (χ1n) is 11.2. The van der Waals surface area contributed by atoms with Crippen LogP contribution in [0.15, 0.2) is 97.3 Å². The average Bonchev–Trinajstić information content (AvgIpc) is 3.06. The van der Waals surface area contributed by atoms with Crippen molar-refractivity contribution in [3.63, 3.8) is 0 Å². The molecule has 3 aromatic carbocycles. The maximum absolute atomic E-state index is 6.23. The number of rotatable bonds is 3. The van der Waals surface area contributed by atoms with Crippen LogP contribution in [-0.2, 0) is 27.7 Å². The molecule has 0 spiro atoms. The van der Waals surface area contributed by atoms with Gasteiger partial charge in [0.05, 0.1) is 5.75 Å². The molecule has 0 amide bonds. The molecule has 35 heavy (non-hydrogen) atoms. The second kappa shape index (κ2) is 9.85. The summed E-state index contributed by atoms with van der Waals surface area (Å²) in [4.78, 5) is 11.3. The molecule has 6 rings (SSSR count). The van der Waals surface area contributed by atoms with Gasteiger partial charge in [0.1, 0.15) is 6.61 Å². The van der Waals surface area contributed by atoms with Gasteiger partial charge in [0.15, 0.2) is 0 Å². The third-order valence-electron chi connectivity index (χ3n) is 5.88. The second-order valence-electron chi connectivity index (χ2n) is 8.22. The van der Waals surface area contributed by atoms with Crippen molar-refractivity contribution in [2.75, 3.05) is 4.90 Å². The molecule has 5 heteroatoms. The fraction of sp³-hybridized carbons (Fsp3) is 0.0667. The van der Waals surface area contributed by atoms with Gasteiger partial charge in [-0.3, -0.25) is 0 Å². The summed E-state index contributed by atoms with van der Waals surface area (Å²) < 4.78 is 6.23. The standard InChI is InChI=1S/C30H21N3O.Pt/c1-21-14-16-32-27(17-21)22-8-6-9-25(18-22)33-28-11-3-2-7-24(28)20-34-30-13-12-23(19-29(30)33)26-10-4-5-15-31-26;/h2-17H,20H2,1H3;/q-2;+2. The Labute approximate surface area is 219 Å². The van der Waals surface area contributed by atoms with Gasteiger partial charge < -0.3 is 19.6 Å². The fourth-order valence-corrected chi connectivity index (χ4v) is 4.22. The van der Waals surface area contributed by atoms with Crippen molar-refractivity contribution < 1.29 is 25.8 Å². The summed E-state index contributed by atoms with van der Waals surface area (Å²) >= 11 is 0. The molecular weight excluding hydrogens is 613 g/mol. The number of hydrogen-bond acceptors (Lipinski definition) is 4. The Kier molecular flexibility index (Phi) is 6.48. The zero-order valence-corrected chi connectivity index (χ0v) is 21.3. The van der Waals surface area contributed by atoms with E-state index in [4.69, 9.17) is 4.74 Å². The van der Waals surface area contributed by atoms with Gasteiger partial charge in [-0.25, -0.2) is 0 Å². The first-order chi connectivity index (χ1) is 16.8. The molecule has 5 aromatic rings. The van der Waals surface area contributed by atoms with E-state index in [1.807, 2.05) is 66.9 Å². The summed E-state index contributed by atoms with van der Waals surface area (Å²) in [5, 5.41) is 0. The molecule has 3 heterocycles. The Morgan fingerprint density at radius 2 is 1.60 bits per heavy atom. The molecule has 0 atom stereocenters. The van der Waals surface area contributed by atoms with Crippen LogP contribution in [0.3, 0.4) is 0 Å². The summed E-state index contributed by atoms with van der Waals surface area (Å²) in [5.74, 6) is 0.767. The minimum absolute atomic E-state index is 0. The predicted octanol–water partition coefficient (Wildman–Crippen LogP) is 7.08. The summed E-state index contributed by atoms with van der Waals surface area (Å²) in [6.07, 6.45) is 3.63. The van der Waals surface area contributed by atoms with Crippen LogP contribution in [0.25, 0.3) is 22.5 Å². The number of fused-ring (bicyclic) bond motifs is 2.